The second-order valence-electron chi connectivity index (χ2n) is 3.24. The highest BCUT2D eigenvalue weighted by Gasteiger charge is 2.07. The largest absolute Gasteiger partial charge is 0.478 e. The Balaban J connectivity index is 2.56. The van der Waals surface area contributed by atoms with Crippen molar-refractivity contribution in [3.8, 4) is 0 Å². The zero-order chi connectivity index (χ0) is 10.8. The SMILES string of the molecule is NCCn1ncc2ccc(C(=O)O)cc21. The molecule has 0 aliphatic carbocycles. The average Bonchev–Trinajstić information content (AvgIpc) is 2.61. The van der Waals surface area contributed by atoms with Gasteiger partial charge in [-0.15, -0.1) is 0 Å². The first-order valence-electron chi connectivity index (χ1n) is 4.61. The van der Waals surface area contributed by atoms with Gasteiger partial charge in [0.1, 0.15) is 0 Å². The van der Waals surface area contributed by atoms with E-state index in [0.29, 0.717) is 13.1 Å². The van der Waals surface area contributed by atoms with Crippen LogP contribution in [0.3, 0.4) is 0 Å². The minimum atomic E-state index is -0.933. The van der Waals surface area contributed by atoms with Crippen molar-refractivity contribution < 1.29 is 9.90 Å². The summed E-state index contributed by atoms with van der Waals surface area (Å²) in [5.74, 6) is -0.933. The second kappa shape index (κ2) is 3.70. The van der Waals surface area contributed by atoms with E-state index in [-0.39, 0.29) is 5.56 Å². The summed E-state index contributed by atoms with van der Waals surface area (Å²) in [4.78, 5) is 10.8. The normalized spacial score (nSPS) is 10.7. The minimum absolute atomic E-state index is 0.265. The maximum atomic E-state index is 10.8. The molecule has 0 spiro atoms. The number of benzene rings is 1. The molecule has 0 unspecified atom stereocenters. The van der Waals surface area contributed by atoms with Crippen molar-refractivity contribution in [3.63, 3.8) is 0 Å². The van der Waals surface area contributed by atoms with E-state index in [1.165, 1.54) is 0 Å². The third-order valence-corrected chi connectivity index (χ3v) is 2.23. The molecular weight excluding hydrogens is 194 g/mol. The van der Waals surface area contributed by atoms with E-state index >= 15 is 0 Å². The van der Waals surface area contributed by atoms with Crippen molar-refractivity contribution >= 4 is 16.9 Å². The Labute approximate surface area is 86.1 Å². The van der Waals surface area contributed by atoms with Crippen LogP contribution in [0.4, 0.5) is 0 Å². The molecule has 1 aromatic heterocycles. The number of carboxylic acid groups (broad SMARTS) is 1. The molecule has 1 heterocycles. The monoisotopic (exact) mass is 205 g/mol. The fourth-order valence-corrected chi connectivity index (χ4v) is 1.50. The van der Waals surface area contributed by atoms with Crippen molar-refractivity contribution in [2.24, 2.45) is 5.73 Å². The molecular formula is C10H11N3O2. The van der Waals surface area contributed by atoms with Crippen LogP contribution in [-0.2, 0) is 6.54 Å². The lowest BCUT2D eigenvalue weighted by atomic mass is 10.2. The van der Waals surface area contributed by atoms with Gasteiger partial charge in [0.15, 0.2) is 0 Å². The number of rotatable bonds is 3. The second-order valence-corrected chi connectivity index (χ2v) is 3.24. The smallest absolute Gasteiger partial charge is 0.335 e. The topological polar surface area (TPSA) is 81.1 Å². The van der Waals surface area contributed by atoms with Gasteiger partial charge >= 0.3 is 5.97 Å². The summed E-state index contributed by atoms with van der Waals surface area (Å²) in [5, 5.41) is 13.9. The number of aromatic carboxylic acids is 1. The van der Waals surface area contributed by atoms with Crippen molar-refractivity contribution in [1.29, 1.82) is 0 Å². The maximum absolute atomic E-state index is 10.8. The van der Waals surface area contributed by atoms with Crippen LogP contribution in [0.25, 0.3) is 10.9 Å². The molecule has 0 atom stereocenters. The van der Waals surface area contributed by atoms with Gasteiger partial charge in [-0.25, -0.2) is 4.79 Å². The number of aromatic nitrogens is 2. The summed E-state index contributed by atoms with van der Waals surface area (Å²) in [6.45, 7) is 1.07. The molecule has 0 radical (unpaired) electrons. The van der Waals surface area contributed by atoms with Gasteiger partial charge in [-0.3, -0.25) is 4.68 Å². The summed E-state index contributed by atoms with van der Waals surface area (Å²) in [7, 11) is 0. The number of hydrogen-bond acceptors (Lipinski definition) is 3. The average molecular weight is 205 g/mol. The number of nitrogens with two attached hydrogens (primary N) is 1. The van der Waals surface area contributed by atoms with E-state index in [1.54, 1.807) is 29.1 Å². The highest BCUT2D eigenvalue weighted by atomic mass is 16.4. The van der Waals surface area contributed by atoms with Gasteiger partial charge in [0.25, 0.3) is 0 Å². The summed E-state index contributed by atoms with van der Waals surface area (Å²) in [5.41, 5.74) is 6.50. The summed E-state index contributed by atoms with van der Waals surface area (Å²) < 4.78 is 1.71. The van der Waals surface area contributed by atoms with E-state index in [2.05, 4.69) is 5.10 Å². The van der Waals surface area contributed by atoms with Crippen LogP contribution in [0, 0.1) is 0 Å². The first-order chi connectivity index (χ1) is 7.22. The standard InChI is InChI=1S/C10H11N3O2/c11-3-4-13-9-5-7(10(14)15)1-2-8(9)6-12-13/h1-2,5-6H,3-4,11H2,(H,14,15). The summed E-state index contributed by atoms with van der Waals surface area (Å²) in [6.07, 6.45) is 1.70. The molecule has 0 aliphatic rings. The Bertz CT molecular complexity index is 504. The van der Waals surface area contributed by atoms with E-state index in [0.717, 1.165) is 10.9 Å². The maximum Gasteiger partial charge on any atom is 0.335 e. The summed E-state index contributed by atoms with van der Waals surface area (Å²) in [6, 6.07) is 4.93. The van der Waals surface area contributed by atoms with Crippen molar-refractivity contribution in [3.05, 3.63) is 30.0 Å². The molecule has 5 nitrogen and oxygen atoms in total. The molecule has 78 valence electrons. The lowest BCUT2D eigenvalue weighted by Crippen LogP contribution is -2.10. The van der Waals surface area contributed by atoms with Gasteiger partial charge in [-0.05, 0) is 12.1 Å². The molecule has 2 rings (SSSR count). The van der Waals surface area contributed by atoms with Crippen LogP contribution in [0.1, 0.15) is 10.4 Å². The highest BCUT2D eigenvalue weighted by Crippen LogP contribution is 2.15. The van der Waals surface area contributed by atoms with Crippen LogP contribution in [0.5, 0.6) is 0 Å². The molecule has 2 aromatic rings. The van der Waals surface area contributed by atoms with Crippen molar-refractivity contribution in [2.75, 3.05) is 6.54 Å². The molecule has 0 aliphatic heterocycles. The molecule has 0 bridgehead atoms. The lowest BCUT2D eigenvalue weighted by molar-refractivity contribution is 0.0697. The third kappa shape index (κ3) is 1.69. The predicted molar refractivity (Wildman–Crippen MR) is 55.7 cm³/mol. The van der Waals surface area contributed by atoms with Gasteiger partial charge in [-0.1, -0.05) is 6.07 Å². The van der Waals surface area contributed by atoms with Gasteiger partial charge in [0.2, 0.25) is 0 Å². The Morgan fingerprint density at radius 2 is 2.33 bits per heavy atom. The van der Waals surface area contributed by atoms with Crippen LogP contribution < -0.4 is 5.73 Å². The number of fused-ring (bicyclic) bond motifs is 1. The fraction of sp³-hybridized carbons (Fsp3) is 0.200. The van der Waals surface area contributed by atoms with Gasteiger partial charge < -0.3 is 10.8 Å². The Morgan fingerprint density at radius 1 is 1.53 bits per heavy atom. The van der Waals surface area contributed by atoms with Gasteiger partial charge in [0.05, 0.1) is 23.8 Å². The van der Waals surface area contributed by atoms with Gasteiger partial charge in [0, 0.05) is 11.9 Å². The molecule has 0 saturated heterocycles. The lowest BCUT2D eigenvalue weighted by Gasteiger charge is -2.01. The first kappa shape index (κ1) is 9.67. The van der Waals surface area contributed by atoms with Crippen LogP contribution in [-0.4, -0.2) is 27.4 Å². The number of hydrogen-bond donors (Lipinski definition) is 2. The van der Waals surface area contributed by atoms with E-state index in [9.17, 15) is 4.79 Å². The minimum Gasteiger partial charge on any atom is -0.478 e. The molecule has 0 fully saturated rings. The zero-order valence-electron chi connectivity index (χ0n) is 8.05. The first-order valence-corrected chi connectivity index (χ1v) is 4.61. The molecule has 3 N–H and O–H groups in total. The fourth-order valence-electron chi connectivity index (χ4n) is 1.50. The summed E-state index contributed by atoms with van der Waals surface area (Å²) >= 11 is 0. The van der Waals surface area contributed by atoms with Crippen LogP contribution >= 0.6 is 0 Å². The van der Waals surface area contributed by atoms with E-state index in [1.807, 2.05) is 0 Å². The predicted octanol–water partition coefficient (Wildman–Crippen LogP) is 0.693. The zero-order valence-corrected chi connectivity index (χ0v) is 8.05. The van der Waals surface area contributed by atoms with Crippen molar-refractivity contribution in [2.45, 2.75) is 6.54 Å². The third-order valence-electron chi connectivity index (χ3n) is 2.23. The molecule has 1 aromatic carbocycles. The van der Waals surface area contributed by atoms with Crippen LogP contribution in [0.2, 0.25) is 0 Å². The molecule has 15 heavy (non-hydrogen) atoms. The highest BCUT2D eigenvalue weighted by molar-refractivity contribution is 5.93. The number of nitrogens with zero attached hydrogens (tertiary/aromatic N) is 2. The van der Waals surface area contributed by atoms with E-state index in [4.69, 9.17) is 10.8 Å². The van der Waals surface area contributed by atoms with Crippen molar-refractivity contribution in [1.82, 2.24) is 9.78 Å². The Hall–Kier alpha value is -1.88. The molecule has 0 saturated carbocycles. The van der Waals surface area contributed by atoms with E-state index < -0.39 is 5.97 Å². The molecule has 0 amide bonds. The number of carboxylic acids is 1. The number of carbonyl (C=O) groups is 1. The van der Waals surface area contributed by atoms with Gasteiger partial charge in [-0.2, -0.15) is 5.10 Å². The Kier molecular flexibility index (Phi) is 2.39. The Morgan fingerprint density at radius 3 is 3.00 bits per heavy atom. The quantitative estimate of drug-likeness (QED) is 0.772. The molecule has 5 heteroatoms. The van der Waals surface area contributed by atoms with Crippen LogP contribution in [0.15, 0.2) is 24.4 Å².